The highest BCUT2D eigenvalue weighted by Gasteiger charge is 2.20. The molecule has 0 aliphatic rings. The van der Waals surface area contributed by atoms with Gasteiger partial charge in [-0.25, -0.2) is 0 Å². The number of hydrogen-bond acceptors (Lipinski definition) is 5. The quantitative estimate of drug-likeness (QED) is 0.678. The van der Waals surface area contributed by atoms with E-state index < -0.39 is 0 Å². The first kappa shape index (κ1) is 20.9. The molecular formula is C15H29ClN4O2. The van der Waals surface area contributed by atoms with E-state index in [9.17, 15) is 4.79 Å². The summed E-state index contributed by atoms with van der Waals surface area (Å²) in [5.74, 6) is 1.39. The Labute approximate surface area is 139 Å². The molecule has 1 heterocycles. The average Bonchev–Trinajstić information content (AvgIpc) is 2.87. The van der Waals surface area contributed by atoms with Crippen molar-refractivity contribution in [3.63, 3.8) is 0 Å². The Hall–Kier alpha value is -1.14. The van der Waals surface area contributed by atoms with Gasteiger partial charge in [-0.15, -0.1) is 12.4 Å². The zero-order valence-corrected chi connectivity index (χ0v) is 14.9. The standard InChI is InChI=1S/C15H28N4O2.ClH/c1-5-9-16-10-11-17-12(20)7-6-8-13-18-14(19-21-13)15(2,3)4;/h16H,5-11H2,1-4H3,(H,17,20);1H. The molecule has 0 saturated heterocycles. The van der Waals surface area contributed by atoms with Crippen LogP contribution in [0.1, 0.15) is 58.7 Å². The normalized spacial score (nSPS) is 11.1. The fourth-order valence-corrected chi connectivity index (χ4v) is 1.74. The number of aryl methyl sites for hydroxylation is 1. The van der Waals surface area contributed by atoms with Gasteiger partial charge in [-0.05, 0) is 19.4 Å². The van der Waals surface area contributed by atoms with E-state index in [0.29, 0.717) is 31.1 Å². The fourth-order valence-electron chi connectivity index (χ4n) is 1.74. The number of nitrogens with one attached hydrogen (secondary N) is 2. The van der Waals surface area contributed by atoms with Crippen molar-refractivity contribution >= 4 is 18.3 Å². The Kier molecular flexibility index (Phi) is 10.0. The maximum absolute atomic E-state index is 11.6. The summed E-state index contributed by atoms with van der Waals surface area (Å²) in [6, 6.07) is 0. The van der Waals surface area contributed by atoms with Crippen molar-refractivity contribution in [3.8, 4) is 0 Å². The van der Waals surface area contributed by atoms with Crippen molar-refractivity contribution in [2.24, 2.45) is 0 Å². The van der Waals surface area contributed by atoms with Gasteiger partial charge in [0, 0.05) is 31.3 Å². The van der Waals surface area contributed by atoms with Gasteiger partial charge in [0.15, 0.2) is 5.82 Å². The molecule has 0 aliphatic heterocycles. The lowest BCUT2D eigenvalue weighted by Crippen LogP contribution is -2.31. The Morgan fingerprint density at radius 2 is 1.95 bits per heavy atom. The maximum atomic E-state index is 11.6. The molecule has 0 spiro atoms. The fraction of sp³-hybridized carbons (Fsp3) is 0.800. The molecule has 22 heavy (non-hydrogen) atoms. The molecule has 0 aliphatic carbocycles. The zero-order valence-electron chi connectivity index (χ0n) is 14.1. The lowest BCUT2D eigenvalue weighted by molar-refractivity contribution is -0.121. The highest BCUT2D eigenvalue weighted by atomic mass is 35.5. The third-order valence-electron chi connectivity index (χ3n) is 2.98. The van der Waals surface area contributed by atoms with Crippen molar-refractivity contribution in [2.45, 2.75) is 58.8 Å². The second-order valence-electron chi connectivity index (χ2n) is 6.22. The predicted molar refractivity (Wildman–Crippen MR) is 89.4 cm³/mol. The first-order chi connectivity index (χ1) is 9.93. The molecule has 0 fully saturated rings. The van der Waals surface area contributed by atoms with E-state index in [2.05, 4.69) is 27.7 Å². The van der Waals surface area contributed by atoms with E-state index in [1.54, 1.807) is 0 Å². The number of aromatic nitrogens is 2. The summed E-state index contributed by atoms with van der Waals surface area (Å²) in [5.41, 5.74) is -0.107. The Balaban J connectivity index is 0.00000441. The predicted octanol–water partition coefficient (Wildman–Crippen LogP) is 2.23. The zero-order chi connectivity index (χ0) is 15.7. The van der Waals surface area contributed by atoms with Crippen LogP contribution in [0, 0.1) is 0 Å². The number of carbonyl (C=O) groups excluding carboxylic acids is 1. The SMILES string of the molecule is CCCNCCNC(=O)CCCc1nc(C(C)(C)C)no1.Cl. The van der Waals surface area contributed by atoms with Gasteiger partial charge < -0.3 is 15.2 Å². The minimum atomic E-state index is -0.107. The van der Waals surface area contributed by atoms with Gasteiger partial charge in [-0.3, -0.25) is 4.79 Å². The lowest BCUT2D eigenvalue weighted by Gasteiger charge is -2.10. The molecule has 1 amide bonds. The second-order valence-corrected chi connectivity index (χ2v) is 6.22. The monoisotopic (exact) mass is 332 g/mol. The van der Waals surface area contributed by atoms with E-state index in [1.165, 1.54) is 0 Å². The molecule has 0 aromatic carbocycles. The molecule has 7 heteroatoms. The van der Waals surface area contributed by atoms with E-state index in [4.69, 9.17) is 4.52 Å². The Morgan fingerprint density at radius 1 is 1.23 bits per heavy atom. The van der Waals surface area contributed by atoms with Crippen molar-refractivity contribution in [1.29, 1.82) is 0 Å². The van der Waals surface area contributed by atoms with Crippen molar-refractivity contribution in [1.82, 2.24) is 20.8 Å². The molecule has 0 radical (unpaired) electrons. The van der Waals surface area contributed by atoms with Crippen molar-refractivity contribution < 1.29 is 9.32 Å². The van der Waals surface area contributed by atoms with E-state index in [-0.39, 0.29) is 23.7 Å². The maximum Gasteiger partial charge on any atom is 0.226 e. The van der Waals surface area contributed by atoms with Gasteiger partial charge in [0.2, 0.25) is 11.8 Å². The van der Waals surface area contributed by atoms with Crippen LogP contribution in [-0.4, -0.2) is 35.7 Å². The topological polar surface area (TPSA) is 80.0 Å². The third kappa shape index (κ3) is 8.34. The summed E-state index contributed by atoms with van der Waals surface area (Å²) in [6.07, 6.45) is 2.96. The van der Waals surface area contributed by atoms with Crippen LogP contribution >= 0.6 is 12.4 Å². The number of carbonyl (C=O) groups is 1. The van der Waals surface area contributed by atoms with Crippen LogP contribution in [0.2, 0.25) is 0 Å². The van der Waals surface area contributed by atoms with Crippen molar-refractivity contribution in [2.75, 3.05) is 19.6 Å². The first-order valence-electron chi connectivity index (χ1n) is 7.74. The highest BCUT2D eigenvalue weighted by molar-refractivity contribution is 5.85. The van der Waals surface area contributed by atoms with E-state index >= 15 is 0 Å². The Morgan fingerprint density at radius 3 is 2.55 bits per heavy atom. The molecule has 0 atom stereocenters. The van der Waals surface area contributed by atoms with Crippen LogP contribution in [0.4, 0.5) is 0 Å². The van der Waals surface area contributed by atoms with Crippen LogP contribution in [0.25, 0.3) is 0 Å². The molecule has 0 saturated carbocycles. The molecule has 0 unspecified atom stereocenters. The summed E-state index contributed by atoms with van der Waals surface area (Å²) < 4.78 is 5.20. The van der Waals surface area contributed by atoms with Gasteiger partial charge in [0.25, 0.3) is 0 Å². The van der Waals surface area contributed by atoms with Gasteiger partial charge in [-0.2, -0.15) is 4.98 Å². The van der Waals surface area contributed by atoms with E-state index in [0.717, 1.165) is 25.9 Å². The molecule has 6 nitrogen and oxygen atoms in total. The number of amides is 1. The number of nitrogens with zero attached hydrogens (tertiary/aromatic N) is 2. The van der Waals surface area contributed by atoms with Gasteiger partial charge in [-0.1, -0.05) is 32.9 Å². The summed E-state index contributed by atoms with van der Waals surface area (Å²) in [4.78, 5) is 16.0. The minimum Gasteiger partial charge on any atom is -0.355 e. The Bertz CT molecular complexity index is 429. The molecule has 0 bridgehead atoms. The molecule has 1 aromatic heterocycles. The van der Waals surface area contributed by atoms with E-state index in [1.807, 2.05) is 20.8 Å². The molecule has 128 valence electrons. The first-order valence-corrected chi connectivity index (χ1v) is 7.74. The third-order valence-corrected chi connectivity index (χ3v) is 2.98. The molecule has 1 rings (SSSR count). The van der Waals surface area contributed by atoms with Crippen LogP contribution in [0.5, 0.6) is 0 Å². The van der Waals surface area contributed by atoms with Crippen molar-refractivity contribution in [3.05, 3.63) is 11.7 Å². The summed E-state index contributed by atoms with van der Waals surface area (Å²) in [7, 11) is 0. The van der Waals surface area contributed by atoms with Gasteiger partial charge in [0.1, 0.15) is 0 Å². The number of hydrogen-bond donors (Lipinski definition) is 2. The molecule has 1 aromatic rings. The number of halogens is 1. The average molecular weight is 333 g/mol. The smallest absolute Gasteiger partial charge is 0.226 e. The van der Waals surface area contributed by atoms with Gasteiger partial charge in [0.05, 0.1) is 0 Å². The largest absolute Gasteiger partial charge is 0.355 e. The van der Waals surface area contributed by atoms with Crippen LogP contribution in [0.15, 0.2) is 4.52 Å². The minimum absolute atomic E-state index is 0. The highest BCUT2D eigenvalue weighted by Crippen LogP contribution is 2.18. The lowest BCUT2D eigenvalue weighted by atomic mass is 9.96. The van der Waals surface area contributed by atoms with Crippen LogP contribution < -0.4 is 10.6 Å². The van der Waals surface area contributed by atoms with Crippen LogP contribution in [0.3, 0.4) is 0 Å². The number of rotatable bonds is 9. The summed E-state index contributed by atoms with van der Waals surface area (Å²) in [5, 5.41) is 10.1. The van der Waals surface area contributed by atoms with Gasteiger partial charge >= 0.3 is 0 Å². The summed E-state index contributed by atoms with van der Waals surface area (Å²) in [6.45, 7) is 10.7. The second kappa shape index (κ2) is 10.6. The molecular weight excluding hydrogens is 304 g/mol. The molecule has 2 N–H and O–H groups in total. The van der Waals surface area contributed by atoms with Crippen LogP contribution in [-0.2, 0) is 16.6 Å². The summed E-state index contributed by atoms with van der Waals surface area (Å²) >= 11 is 0.